The zero-order valence-electron chi connectivity index (χ0n) is 10.8. The average molecular weight is 260 g/mol. The minimum absolute atomic E-state index is 0.250. The van der Waals surface area contributed by atoms with Crippen LogP contribution in [0.4, 0.5) is 0 Å². The molecule has 0 bridgehead atoms. The molecule has 1 aromatic rings. The molecule has 1 aliphatic carbocycles. The number of carboxylic acids is 1. The Labute approximate surface area is 111 Å². The summed E-state index contributed by atoms with van der Waals surface area (Å²) in [6, 6.07) is 6.98. The van der Waals surface area contributed by atoms with Crippen LogP contribution in [0.3, 0.4) is 0 Å². The van der Waals surface area contributed by atoms with Crippen LogP contribution in [0.1, 0.15) is 30.9 Å². The maximum atomic E-state index is 12.2. The standard InChI is InChI=1S/C15H16O4/c1-2-3-10-19-14(18)15(13(16)17)9-8-11-6-4-5-7-12(11)15/h4-9H,2-3,10H2,1H3,(H,16,17). The lowest BCUT2D eigenvalue weighted by atomic mass is 9.82. The van der Waals surface area contributed by atoms with E-state index >= 15 is 0 Å². The molecule has 4 heteroatoms. The first-order valence-corrected chi connectivity index (χ1v) is 6.32. The van der Waals surface area contributed by atoms with E-state index in [1.165, 1.54) is 6.08 Å². The molecule has 0 fully saturated rings. The SMILES string of the molecule is CCCCOC(=O)C1(C(=O)O)C=Cc2ccccc21. The van der Waals surface area contributed by atoms with Crippen molar-refractivity contribution in [2.24, 2.45) is 0 Å². The lowest BCUT2D eigenvalue weighted by molar-refractivity contribution is -0.158. The predicted octanol–water partition coefficient (Wildman–Crippen LogP) is 2.38. The molecule has 0 aliphatic heterocycles. The predicted molar refractivity (Wildman–Crippen MR) is 70.7 cm³/mol. The number of aliphatic carboxylic acids is 1. The van der Waals surface area contributed by atoms with Crippen LogP contribution in [0.2, 0.25) is 0 Å². The molecule has 100 valence electrons. The fourth-order valence-corrected chi connectivity index (χ4v) is 2.18. The number of fused-ring (bicyclic) bond motifs is 1. The van der Waals surface area contributed by atoms with Crippen molar-refractivity contribution in [3.63, 3.8) is 0 Å². The first kappa shape index (κ1) is 13.3. The van der Waals surface area contributed by atoms with E-state index in [0.717, 1.165) is 18.4 Å². The van der Waals surface area contributed by atoms with Crippen LogP contribution in [-0.2, 0) is 19.7 Å². The molecular weight excluding hydrogens is 244 g/mol. The monoisotopic (exact) mass is 260 g/mol. The maximum Gasteiger partial charge on any atom is 0.332 e. The summed E-state index contributed by atoms with van der Waals surface area (Å²) < 4.78 is 5.12. The highest BCUT2D eigenvalue weighted by Gasteiger charge is 2.50. The summed E-state index contributed by atoms with van der Waals surface area (Å²) in [5.74, 6) is -1.91. The molecule has 0 saturated carbocycles. The second-order valence-corrected chi connectivity index (χ2v) is 4.52. The molecule has 0 radical (unpaired) electrons. The third kappa shape index (κ3) is 2.14. The number of benzene rings is 1. The number of hydrogen-bond acceptors (Lipinski definition) is 3. The minimum atomic E-state index is -1.69. The molecule has 1 unspecified atom stereocenters. The van der Waals surface area contributed by atoms with Gasteiger partial charge in [0, 0.05) is 0 Å². The van der Waals surface area contributed by atoms with Crippen molar-refractivity contribution in [1.82, 2.24) is 0 Å². The maximum absolute atomic E-state index is 12.2. The third-order valence-corrected chi connectivity index (χ3v) is 3.29. The fraction of sp³-hybridized carbons (Fsp3) is 0.333. The summed E-state index contributed by atoms with van der Waals surface area (Å²) in [5.41, 5.74) is -0.467. The summed E-state index contributed by atoms with van der Waals surface area (Å²) >= 11 is 0. The van der Waals surface area contributed by atoms with E-state index < -0.39 is 17.4 Å². The highest BCUT2D eigenvalue weighted by Crippen LogP contribution is 2.37. The van der Waals surface area contributed by atoms with E-state index in [1.54, 1.807) is 24.3 Å². The third-order valence-electron chi connectivity index (χ3n) is 3.29. The van der Waals surface area contributed by atoms with Crippen LogP contribution in [0.25, 0.3) is 6.08 Å². The van der Waals surface area contributed by atoms with E-state index in [1.807, 2.05) is 13.0 Å². The molecule has 0 saturated heterocycles. The normalized spacial score (nSPS) is 20.1. The van der Waals surface area contributed by atoms with Crippen molar-refractivity contribution in [3.8, 4) is 0 Å². The van der Waals surface area contributed by atoms with E-state index in [9.17, 15) is 14.7 Å². The molecule has 0 spiro atoms. The first-order valence-electron chi connectivity index (χ1n) is 6.32. The van der Waals surface area contributed by atoms with Gasteiger partial charge >= 0.3 is 11.9 Å². The Balaban J connectivity index is 2.34. The molecule has 1 N–H and O–H groups in total. The molecule has 2 rings (SSSR count). The molecule has 0 heterocycles. The molecule has 1 atom stereocenters. The summed E-state index contributed by atoms with van der Waals surface area (Å²) in [7, 11) is 0. The topological polar surface area (TPSA) is 63.6 Å². The van der Waals surface area contributed by atoms with Crippen LogP contribution < -0.4 is 0 Å². The zero-order valence-corrected chi connectivity index (χ0v) is 10.8. The Hall–Kier alpha value is -2.10. The van der Waals surface area contributed by atoms with Crippen LogP contribution in [0.5, 0.6) is 0 Å². The number of esters is 1. The van der Waals surface area contributed by atoms with Crippen LogP contribution in [0, 0.1) is 0 Å². The summed E-state index contributed by atoms with van der Waals surface area (Å²) in [4.78, 5) is 23.8. The minimum Gasteiger partial charge on any atom is -0.480 e. The van der Waals surface area contributed by atoms with Gasteiger partial charge in [0.15, 0.2) is 0 Å². The Morgan fingerprint density at radius 2 is 2.05 bits per heavy atom. The number of rotatable bonds is 5. The second kappa shape index (κ2) is 5.26. The highest BCUT2D eigenvalue weighted by molar-refractivity contribution is 6.11. The highest BCUT2D eigenvalue weighted by atomic mass is 16.5. The summed E-state index contributed by atoms with van der Waals surface area (Å²) in [6.45, 7) is 2.23. The summed E-state index contributed by atoms with van der Waals surface area (Å²) in [5, 5.41) is 9.49. The van der Waals surface area contributed by atoms with Gasteiger partial charge in [0.2, 0.25) is 5.41 Å². The number of unbranched alkanes of at least 4 members (excludes halogenated alkanes) is 1. The number of hydrogen-bond donors (Lipinski definition) is 1. The largest absolute Gasteiger partial charge is 0.480 e. The molecule has 0 amide bonds. The van der Waals surface area contributed by atoms with E-state index in [-0.39, 0.29) is 6.61 Å². The number of carbonyl (C=O) groups excluding carboxylic acids is 1. The van der Waals surface area contributed by atoms with E-state index in [4.69, 9.17) is 4.74 Å². The number of ether oxygens (including phenoxy) is 1. The van der Waals surface area contributed by atoms with Crippen LogP contribution in [0.15, 0.2) is 30.3 Å². The Morgan fingerprint density at radius 1 is 1.32 bits per heavy atom. The first-order chi connectivity index (χ1) is 9.13. The van der Waals surface area contributed by atoms with Crippen molar-refractivity contribution >= 4 is 18.0 Å². The van der Waals surface area contributed by atoms with Gasteiger partial charge in [-0.05, 0) is 17.5 Å². The van der Waals surface area contributed by atoms with Crippen molar-refractivity contribution in [2.75, 3.05) is 6.61 Å². The van der Waals surface area contributed by atoms with Crippen molar-refractivity contribution in [1.29, 1.82) is 0 Å². The second-order valence-electron chi connectivity index (χ2n) is 4.52. The van der Waals surface area contributed by atoms with Crippen LogP contribution in [-0.4, -0.2) is 23.7 Å². The van der Waals surface area contributed by atoms with Gasteiger partial charge in [-0.2, -0.15) is 0 Å². The van der Waals surface area contributed by atoms with Crippen molar-refractivity contribution in [2.45, 2.75) is 25.2 Å². The van der Waals surface area contributed by atoms with Gasteiger partial charge in [0.1, 0.15) is 0 Å². The lowest BCUT2D eigenvalue weighted by Crippen LogP contribution is -2.42. The van der Waals surface area contributed by atoms with E-state index in [2.05, 4.69) is 0 Å². The molecule has 1 aliphatic rings. The quantitative estimate of drug-likeness (QED) is 0.501. The molecule has 1 aromatic carbocycles. The summed E-state index contributed by atoms with van der Waals surface area (Å²) in [6.07, 6.45) is 4.69. The lowest BCUT2D eigenvalue weighted by Gasteiger charge is -2.22. The Bertz CT molecular complexity index is 533. The van der Waals surface area contributed by atoms with Gasteiger partial charge in [-0.3, -0.25) is 9.59 Å². The zero-order chi connectivity index (χ0) is 13.9. The number of carboxylic acid groups (broad SMARTS) is 1. The number of carbonyl (C=O) groups is 2. The smallest absolute Gasteiger partial charge is 0.332 e. The molecular formula is C15H16O4. The molecule has 19 heavy (non-hydrogen) atoms. The van der Waals surface area contributed by atoms with Crippen molar-refractivity contribution in [3.05, 3.63) is 41.5 Å². The van der Waals surface area contributed by atoms with Gasteiger partial charge in [-0.15, -0.1) is 0 Å². The Morgan fingerprint density at radius 3 is 2.74 bits per heavy atom. The van der Waals surface area contributed by atoms with E-state index in [0.29, 0.717) is 5.56 Å². The molecule has 0 aromatic heterocycles. The van der Waals surface area contributed by atoms with Gasteiger partial charge < -0.3 is 9.84 Å². The fourth-order valence-electron chi connectivity index (χ4n) is 2.18. The molecule has 4 nitrogen and oxygen atoms in total. The van der Waals surface area contributed by atoms with Gasteiger partial charge in [-0.1, -0.05) is 49.8 Å². The average Bonchev–Trinajstić information content (AvgIpc) is 2.79. The van der Waals surface area contributed by atoms with Gasteiger partial charge in [-0.25, -0.2) is 0 Å². The van der Waals surface area contributed by atoms with Crippen LogP contribution >= 0.6 is 0 Å². The van der Waals surface area contributed by atoms with Gasteiger partial charge in [0.25, 0.3) is 0 Å². The Kier molecular flexibility index (Phi) is 3.69. The van der Waals surface area contributed by atoms with Gasteiger partial charge in [0.05, 0.1) is 6.61 Å². The van der Waals surface area contributed by atoms with Crippen molar-refractivity contribution < 1.29 is 19.4 Å².